The van der Waals surface area contributed by atoms with Crippen LogP contribution in [-0.4, -0.2) is 46.5 Å². The monoisotopic (exact) mass is 438 g/mol. The molecule has 154 valence electrons. The van der Waals surface area contributed by atoms with E-state index < -0.39 is 5.91 Å². The Hall–Kier alpha value is -2.51. The van der Waals surface area contributed by atoms with Crippen molar-refractivity contribution in [1.82, 2.24) is 9.80 Å². The van der Waals surface area contributed by atoms with Gasteiger partial charge in [-0.05, 0) is 66.9 Å². The van der Waals surface area contributed by atoms with Crippen molar-refractivity contribution in [1.29, 1.82) is 0 Å². The van der Waals surface area contributed by atoms with Crippen molar-refractivity contribution in [3.05, 3.63) is 65.1 Å². The van der Waals surface area contributed by atoms with E-state index in [1.54, 1.807) is 22.7 Å². The minimum Gasteiger partial charge on any atom is -0.341 e. The summed E-state index contributed by atoms with van der Waals surface area (Å²) in [5, 5.41) is -0.382. The van der Waals surface area contributed by atoms with E-state index in [0.717, 1.165) is 51.3 Å². The minimum absolute atomic E-state index is 0.152. The number of hydrogen-bond donors (Lipinski definition) is 0. The maximum absolute atomic E-state index is 12.7. The number of imide groups is 1. The number of hydrogen-bond acceptors (Lipinski definition) is 5. The van der Waals surface area contributed by atoms with Gasteiger partial charge in [-0.3, -0.25) is 19.3 Å². The van der Waals surface area contributed by atoms with Gasteiger partial charge >= 0.3 is 0 Å². The highest BCUT2D eigenvalue weighted by Crippen LogP contribution is 2.33. The van der Waals surface area contributed by atoms with Crippen LogP contribution in [0.5, 0.6) is 0 Å². The third-order valence-electron chi connectivity index (χ3n) is 5.03. The predicted octanol–water partition coefficient (Wildman–Crippen LogP) is 4.89. The summed E-state index contributed by atoms with van der Waals surface area (Å²) in [4.78, 5) is 42.9. The number of carbonyl (C=O) groups is 3. The Balaban J connectivity index is 1.40. The van der Waals surface area contributed by atoms with Crippen LogP contribution in [0.1, 0.15) is 24.8 Å². The van der Waals surface area contributed by atoms with Crippen molar-refractivity contribution in [2.24, 2.45) is 0 Å². The summed E-state index contributed by atoms with van der Waals surface area (Å²) in [6, 6.07) is 17.9. The first-order valence-electron chi connectivity index (χ1n) is 9.96. The van der Waals surface area contributed by atoms with E-state index in [2.05, 4.69) is 12.1 Å². The zero-order valence-electron chi connectivity index (χ0n) is 16.5. The van der Waals surface area contributed by atoms with Crippen molar-refractivity contribution >= 4 is 46.7 Å². The van der Waals surface area contributed by atoms with E-state index in [4.69, 9.17) is 0 Å². The van der Waals surface area contributed by atoms with Crippen LogP contribution < -0.4 is 0 Å². The topological polar surface area (TPSA) is 57.7 Å². The Morgan fingerprint density at radius 1 is 0.933 bits per heavy atom. The summed E-state index contributed by atoms with van der Waals surface area (Å²) in [5.74, 6) is -0.543. The molecule has 4 rings (SSSR count). The number of piperidine rings is 1. The zero-order chi connectivity index (χ0) is 20.9. The number of nitrogens with zero attached hydrogens (tertiary/aromatic N) is 2. The van der Waals surface area contributed by atoms with Gasteiger partial charge in [0.2, 0.25) is 5.91 Å². The Labute approximate surface area is 184 Å². The molecular formula is C23H22N2O3S2. The van der Waals surface area contributed by atoms with E-state index in [9.17, 15) is 14.4 Å². The van der Waals surface area contributed by atoms with Gasteiger partial charge in [0.05, 0.1) is 4.91 Å². The second kappa shape index (κ2) is 9.53. The first-order chi connectivity index (χ1) is 14.6. The lowest BCUT2D eigenvalue weighted by molar-refractivity contribution is -0.136. The Bertz CT molecular complexity index is 968. The molecule has 0 bridgehead atoms. The fourth-order valence-corrected chi connectivity index (χ4v) is 5.10. The number of amides is 3. The molecule has 2 aliphatic heterocycles. The fraction of sp³-hybridized carbons (Fsp3) is 0.261. The van der Waals surface area contributed by atoms with Crippen molar-refractivity contribution in [2.75, 3.05) is 19.6 Å². The Morgan fingerprint density at radius 2 is 1.60 bits per heavy atom. The highest BCUT2D eigenvalue weighted by Gasteiger charge is 2.37. The molecular weight excluding hydrogens is 416 g/mol. The smallest absolute Gasteiger partial charge is 0.294 e. The molecule has 2 aliphatic rings. The van der Waals surface area contributed by atoms with Crippen molar-refractivity contribution < 1.29 is 14.4 Å². The number of carbonyl (C=O) groups excluding carboxylic acids is 3. The maximum Gasteiger partial charge on any atom is 0.294 e. The summed E-state index contributed by atoms with van der Waals surface area (Å²) in [6.45, 7) is 1.24. The Morgan fingerprint density at radius 3 is 2.30 bits per heavy atom. The van der Waals surface area contributed by atoms with E-state index in [1.807, 2.05) is 42.5 Å². The molecule has 0 atom stereocenters. The molecule has 0 aliphatic carbocycles. The minimum atomic E-state index is -0.391. The van der Waals surface area contributed by atoms with E-state index in [0.29, 0.717) is 18.0 Å². The third kappa shape index (κ3) is 4.96. The van der Waals surface area contributed by atoms with E-state index in [-0.39, 0.29) is 17.7 Å². The summed E-state index contributed by atoms with van der Waals surface area (Å²) in [6.07, 6.45) is 4.79. The van der Waals surface area contributed by atoms with Gasteiger partial charge in [-0.25, -0.2) is 0 Å². The van der Waals surface area contributed by atoms with Crippen molar-refractivity contribution in [3.63, 3.8) is 0 Å². The summed E-state index contributed by atoms with van der Waals surface area (Å²) >= 11 is 2.56. The number of likely N-dealkylation sites (tertiary alicyclic amines) is 1. The van der Waals surface area contributed by atoms with Crippen LogP contribution in [-0.2, 0) is 9.59 Å². The molecule has 2 saturated heterocycles. The van der Waals surface area contributed by atoms with Crippen molar-refractivity contribution in [2.45, 2.75) is 29.1 Å². The van der Waals surface area contributed by atoms with E-state index >= 15 is 0 Å². The Kier molecular flexibility index (Phi) is 6.59. The lowest BCUT2D eigenvalue weighted by Gasteiger charge is -2.27. The first kappa shape index (κ1) is 20.8. The third-order valence-corrected chi connectivity index (χ3v) is 6.96. The van der Waals surface area contributed by atoms with Gasteiger partial charge in [0, 0.05) is 22.9 Å². The number of benzene rings is 2. The molecule has 2 aromatic rings. The van der Waals surface area contributed by atoms with E-state index in [1.165, 1.54) is 0 Å². The molecule has 2 heterocycles. The molecule has 0 unspecified atom stereocenters. The number of rotatable bonds is 5. The summed E-state index contributed by atoms with van der Waals surface area (Å²) < 4.78 is 0. The molecule has 0 aromatic heterocycles. The van der Waals surface area contributed by atoms with Gasteiger partial charge in [0.1, 0.15) is 6.54 Å². The van der Waals surface area contributed by atoms with Crippen LogP contribution in [0.25, 0.3) is 6.08 Å². The van der Waals surface area contributed by atoms with Gasteiger partial charge in [-0.15, -0.1) is 0 Å². The SMILES string of the molecule is O=C(CN1C(=O)SC(=Cc2ccc(Sc3ccccc3)cc2)C1=O)N1CCCCC1. The van der Waals surface area contributed by atoms with Crippen LogP contribution in [0.4, 0.5) is 4.79 Å². The summed E-state index contributed by atoms with van der Waals surface area (Å²) in [5.41, 5.74) is 0.847. The first-order valence-corrected chi connectivity index (χ1v) is 11.6. The molecule has 2 aromatic carbocycles. The quantitative estimate of drug-likeness (QED) is 0.623. The second-order valence-corrected chi connectivity index (χ2v) is 9.33. The average Bonchev–Trinajstić information content (AvgIpc) is 3.04. The highest BCUT2D eigenvalue weighted by atomic mass is 32.2. The van der Waals surface area contributed by atoms with Gasteiger partial charge in [-0.2, -0.15) is 0 Å². The average molecular weight is 439 g/mol. The van der Waals surface area contributed by atoms with Gasteiger partial charge in [0.25, 0.3) is 11.1 Å². The second-order valence-electron chi connectivity index (χ2n) is 7.19. The molecule has 0 spiro atoms. The van der Waals surface area contributed by atoms with Gasteiger partial charge in [-0.1, -0.05) is 42.1 Å². The summed E-state index contributed by atoms with van der Waals surface area (Å²) in [7, 11) is 0. The number of thioether (sulfide) groups is 1. The van der Waals surface area contributed by atoms with Crippen LogP contribution >= 0.6 is 23.5 Å². The maximum atomic E-state index is 12.7. The largest absolute Gasteiger partial charge is 0.341 e. The molecule has 30 heavy (non-hydrogen) atoms. The zero-order valence-corrected chi connectivity index (χ0v) is 18.1. The fourth-order valence-electron chi connectivity index (χ4n) is 3.42. The molecule has 3 amide bonds. The lowest BCUT2D eigenvalue weighted by atomic mass is 10.1. The highest BCUT2D eigenvalue weighted by molar-refractivity contribution is 8.18. The molecule has 0 radical (unpaired) electrons. The molecule has 5 nitrogen and oxygen atoms in total. The van der Waals surface area contributed by atoms with Crippen LogP contribution in [0, 0.1) is 0 Å². The lowest BCUT2D eigenvalue weighted by Crippen LogP contribution is -2.44. The van der Waals surface area contributed by atoms with Gasteiger partial charge in [0.15, 0.2) is 0 Å². The van der Waals surface area contributed by atoms with Crippen LogP contribution in [0.3, 0.4) is 0 Å². The molecule has 0 N–H and O–H groups in total. The van der Waals surface area contributed by atoms with Crippen molar-refractivity contribution in [3.8, 4) is 0 Å². The van der Waals surface area contributed by atoms with Crippen LogP contribution in [0.15, 0.2) is 69.3 Å². The van der Waals surface area contributed by atoms with Gasteiger partial charge < -0.3 is 4.90 Å². The predicted molar refractivity (Wildman–Crippen MR) is 120 cm³/mol. The molecule has 7 heteroatoms. The van der Waals surface area contributed by atoms with Crippen LogP contribution in [0.2, 0.25) is 0 Å². The standard InChI is InChI=1S/C23H22N2O3S2/c26-21(24-13-5-2-6-14-24)16-25-22(27)20(30-23(25)28)15-17-9-11-19(12-10-17)29-18-7-3-1-4-8-18/h1,3-4,7-12,15H,2,5-6,13-14,16H2. The molecule has 2 fully saturated rings. The normalized spacial score (nSPS) is 18.3. The molecule has 0 saturated carbocycles.